The highest BCUT2D eigenvalue weighted by molar-refractivity contribution is 7.90. The zero-order chi connectivity index (χ0) is 16.4. The Morgan fingerprint density at radius 3 is 2.83 bits per heavy atom. The molecule has 0 fully saturated rings. The van der Waals surface area contributed by atoms with Gasteiger partial charge in [-0.2, -0.15) is 0 Å². The number of hydrogen-bond acceptors (Lipinski definition) is 4. The van der Waals surface area contributed by atoms with Crippen LogP contribution in [0.4, 0.5) is 10.1 Å². The van der Waals surface area contributed by atoms with Crippen molar-refractivity contribution >= 4 is 22.4 Å². The topological polar surface area (TPSA) is 78.4 Å². The van der Waals surface area contributed by atoms with E-state index in [0.29, 0.717) is 10.6 Å². The quantitative estimate of drug-likeness (QED) is 0.805. The molecule has 7 heteroatoms. The van der Waals surface area contributed by atoms with Crippen molar-refractivity contribution in [1.29, 1.82) is 0 Å². The molecule has 118 valence electrons. The van der Waals surface area contributed by atoms with Crippen LogP contribution in [0.3, 0.4) is 0 Å². The average Bonchev–Trinajstić information content (AvgIpc) is 2.54. The Labute approximate surface area is 134 Å². The third-order valence-corrected chi connectivity index (χ3v) is 4.80. The fourth-order valence-corrected chi connectivity index (χ4v) is 3.33. The van der Waals surface area contributed by atoms with E-state index in [9.17, 15) is 13.4 Å². The Kier molecular flexibility index (Phi) is 4.12. The summed E-state index contributed by atoms with van der Waals surface area (Å²) in [5.41, 5.74) is 0.915. The van der Waals surface area contributed by atoms with Gasteiger partial charge < -0.3 is 15.7 Å². The first kappa shape index (κ1) is 15.2. The van der Waals surface area contributed by atoms with Gasteiger partial charge in [0.1, 0.15) is 16.5 Å². The van der Waals surface area contributed by atoms with Crippen molar-refractivity contribution in [3.8, 4) is 5.75 Å². The van der Waals surface area contributed by atoms with Crippen molar-refractivity contribution in [3.63, 3.8) is 0 Å². The van der Waals surface area contributed by atoms with Crippen LogP contribution in [0.5, 0.6) is 5.75 Å². The average molecular weight is 332 g/mol. The fraction of sp³-hybridized carbons (Fsp3) is 0.0625. The number of para-hydroxylation sites is 1. The molecule has 0 saturated heterocycles. The minimum absolute atomic E-state index is 0.0683. The Morgan fingerprint density at radius 1 is 1.26 bits per heavy atom. The van der Waals surface area contributed by atoms with E-state index in [4.69, 9.17) is 5.11 Å². The number of hydrogen-bond donors (Lipinski definition) is 3. The molecule has 0 aliphatic carbocycles. The minimum Gasteiger partial charge on any atom is -0.508 e. The van der Waals surface area contributed by atoms with Gasteiger partial charge in [0.2, 0.25) is 0 Å². The molecule has 3 N–H and O–H groups in total. The summed E-state index contributed by atoms with van der Waals surface area (Å²) in [4.78, 5) is 12.8. The summed E-state index contributed by atoms with van der Waals surface area (Å²) >= 11 is 0. The molecule has 0 radical (unpaired) electrons. The predicted molar refractivity (Wildman–Crippen MR) is 84.5 cm³/mol. The maximum atomic E-state index is 13.6. The highest BCUT2D eigenvalue weighted by Crippen LogP contribution is 2.27. The molecule has 0 spiro atoms. The summed E-state index contributed by atoms with van der Waals surface area (Å²) in [5.74, 6) is -1.35. The van der Waals surface area contributed by atoms with Gasteiger partial charge in [0.25, 0.3) is 5.91 Å². The molecule has 23 heavy (non-hydrogen) atoms. The summed E-state index contributed by atoms with van der Waals surface area (Å²) in [5, 5.41) is 14.6. The molecule has 0 aromatic heterocycles. The van der Waals surface area contributed by atoms with Gasteiger partial charge >= 0.3 is 0 Å². The van der Waals surface area contributed by atoms with Gasteiger partial charge in [-0.05, 0) is 18.2 Å². The van der Waals surface area contributed by atoms with E-state index in [2.05, 4.69) is 10.6 Å². The molecular formula is C16H13FN2O3S. The number of phenols is 1. The molecule has 2 aromatic carbocycles. The lowest BCUT2D eigenvalue weighted by atomic mass is 10.2. The normalized spacial score (nSPS) is 16.0. The molecule has 0 saturated carbocycles. The molecule has 1 atom stereocenters. The zero-order valence-corrected chi connectivity index (χ0v) is 12.7. The summed E-state index contributed by atoms with van der Waals surface area (Å²) in [7, 11) is -1.60. The van der Waals surface area contributed by atoms with E-state index in [0.717, 1.165) is 6.07 Å². The third-order valence-electron chi connectivity index (χ3n) is 3.35. The molecular weight excluding hydrogens is 319 g/mol. The molecule has 1 aliphatic heterocycles. The monoisotopic (exact) mass is 332 g/mol. The summed E-state index contributed by atoms with van der Waals surface area (Å²) in [6.07, 6.45) is 1.39. The first-order valence-corrected chi connectivity index (χ1v) is 7.94. The molecule has 1 amide bonds. The van der Waals surface area contributed by atoms with Crippen LogP contribution >= 0.6 is 0 Å². The van der Waals surface area contributed by atoms with Crippen LogP contribution in [0.15, 0.2) is 58.5 Å². The van der Waals surface area contributed by atoms with Crippen LogP contribution in [-0.2, 0) is 22.1 Å². The van der Waals surface area contributed by atoms with Gasteiger partial charge in [0.05, 0.1) is 21.4 Å². The van der Waals surface area contributed by atoms with Crippen LogP contribution in [0, 0.1) is 5.82 Å². The summed E-state index contributed by atoms with van der Waals surface area (Å²) in [6.45, 7) is -0.0683. The second-order valence-corrected chi connectivity index (χ2v) is 6.29. The smallest absolute Gasteiger partial charge is 0.262 e. The van der Waals surface area contributed by atoms with Crippen molar-refractivity contribution in [2.45, 2.75) is 11.4 Å². The van der Waals surface area contributed by atoms with Crippen molar-refractivity contribution in [2.24, 2.45) is 0 Å². The van der Waals surface area contributed by atoms with E-state index < -0.39 is 22.5 Å². The lowest BCUT2D eigenvalue weighted by Crippen LogP contribution is -2.28. The Morgan fingerprint density at radius 2 is 2.04 bits per heavy atom. The molecule has 1 heterocycles. The lowest BCUT2D eigenvalue weighted by molar-refractivity contribution is -0.117. The SMILES string of the molecule is O=C(NCc1ccc(O)cc1F)C1=CNc2ccccc2S1=O. The van der Waals surface area contributed by atoms with Gasteiger partial charge in [-0.25, -0.2) is 8.60 Å². The van der Waals surface area contributed by atoms with E-state index in [1.54, 1.807) is 24.3 Å². The first-order chi connectivity index (χ1) is 11.1. The van der Waals surface area contributed by atoms with E-state index >= 15 is 0 Å². The number of carbonyl (C=O) groups is 1. The number of phenolic OH excluding ortho intramolecular Hbond substituents is 1. The second kappa shape index (κ2) is 6.21. The number of rotatable bonds is 3. The van der Waals surface area contributed by atoms with Crippen molar-refractivity contribution in [2.75, 3.05) is 5.32 Å². The number of halogens is 1. The maximum absolute atomic E-state index is 13.6. The number of carbonyl (C=O) groups excluding carboxylic acids is 1. The second-order valence-electron chi connectivity index (χ2n) is 4.88. The highest BCUT2D eigenvalue weighted by Gasteiger charge is 2.24. The molecule has 2 aromatic rings. The van der Waals surface area contributed by atoms with Crippen LogP contribution in [0.25, 0.3) is 0 Å². The van der Waals surface area contributed by atoms with Crippen LogP contribution < -0.4 is 10.6 Å². The van der Waals surface area contributed by atoms with E-state index in [-0.39, 0.29) is 22.8 Å². The molecule has 3 rings (SSSR count). The highest BCUT2D eigenvalue weighted by atomic mass is 32.2. The number of nitrogens with one attached hydrogen (secondary N) is 2. The van der Waals surface area contributed by atoms with Gasteiger partial charge in [-0.1, -0.05) is 18.2 Å². The van der Waals surface area contributed by atoms with Crippen LogP contribution in [0.2, 0.25) is 0 Å². The molecule has 1 unspecified atom stereocenters. The van der Waals surface area contributed by atoms with Crippen molar-refractivity contribution in [1.82, 2.24) is 5.32 Å². The Bertz CT molecular complexity index is 836. The molecule has 0 bridgehead atoms. The van der Waals surface area contributed by atoms with Crippen molar-refractivity contribution in [3.05, 3.63) is 65.0 Å². The minimum atomic E-state index is -1.60. The van der Waals surface area contributed by atoms with E-state index in [1.165, 1.54) is 18.3 Å². The Hall–Kier alpha value is -2.67. The summed E-state index contributed by atoms with van der Waals surface area (Å²) < 4.78 is 26.0. The molecule has 1 aliphatic rings. The van der Waals surface area contributed by atoms with Gasteiger partial charge in [-0.3, -0.25) is 4.79 Å². The largest absolute Gasteiger partial charge is 0.508 e. The standard InChI is InChI=1S/C16H13FN2O3S/c17-12-7-11(20)6-5-10(12)8-19-16(21)15-9-18-13-3-1-2-4-14(13)23(15)22/h1-7,9,18,20H,8H2,(H,19,21). The van der Waals surface area contributed by atoms with Gasteiger partial charge in [-0.15, -0.1) is 0 Å². The Balaban J connectivity index is 1.72. The number of fused-ring (bicyclic) bond motifs is 1. The zero-order valence-electron chi connectivity index (χ0n) is 11.9. The summed E-state index contributed by atoms with van der Waals surface area (Å²) in [6, 6.07) is 10.7. The number of amides is 1. The number of aromatic hydroxyl groups is 1. The van der Waals surface area contributed by atoms with Crippen LogP contribution in [0.1, 0.15) is 5.56 Å². The molecule has 5 nitrogen and oxygen atoms in total. The predicted octanol–water partition coefficient (Wildman–Crippen LogP) is 2.22. The van der Waals surface area contributed by atoms with Gasteiger partial charge in [0.15, 0.2) is 0 Å². The van der Waals surface area contributed by atoms with Gasteiger partial charge in [0, 0.05) is 24.4 Å². The van der Waals surface area contributed by atoms with Crippen LogP contribution in [-0.4, -0.2) is 15.2 Å². The van der Waals surface area contributed by atoms with Crippen molar-refractivity contribution < 1.29 is 18.5 Å². The van der Waals surface area contributed by atoms with E-state index in [1.807, 2.05) is 0 Å². The maximum Gasteiger partial charge on any atom is 0.262 e. The fourth-order valence-electron chi connectivity index (χ4n) is 2.15. The third kappa shape index (κ3) is 3.09. The lowest BCUT2D eigenvalue weighted by Gasteiger charge is -2.17. The number of benzene rings is 2. The first-order valence-electron chi connectivity index (χ1n) is 6.79. The number of anilines is 1.